The Balaban J connectivity index is 2.07. The zero-order chi connectivity index (χ0) is 13.4. The number of benzene rings is 2. The molecule has 0 spiro atoms. The van der Waals surface area contributed by atoms with E-state index in [1.165, 1.54) is 12.1 Å². The second-order valence-electron chi connectivity index (χ2n) is 4.12. The van der Waals surface area contributed by atoms with Gasteiger partial charge in [0.2, 0.25) is 0 Å². The molecule has 0 fully saturated rings. The van der Waals surface area contributed by atoms with Crippen molar-refractivity contribution in [2.24, 2.45) is 7.05 Å². The van der Waals surface area contributed by atoms with Crippen molar-refractivity contribution in [3.8, 4) is 11.8 Å². The lowest BCUT2D eigenvalue weighted by molar-refractivity contribution is 0.428. The summed E-state index contributed by atoms with van der Waals surface area (Å²) in [5.41, 5.74) is 1.34. The SMILES string of the molecule is Cn1c(Oc2ccccc2Cl)nc2ccc(F)cc21. The maximum Gasteiger partial charge on any atom is 0.302 e. The van der Waals surface area contributed by atoms with Gasteiger partial charge in [-0.3, -0.25) is 4.57 Å². The smallest absolute Gasteiger partial charge is 0.302 e. The average molecular weight is 277 g/mol. The molecular weight excluding hydrogens is 267 g/mol. The Morgan fingerprint density at radius 2 is 2.00 bits per heavy atom. The van der Waals surface area contributed by atoms with E-state index < -0.39 is 0 Å². The Labute approximate surface area is 114 Å². The zero-order valence-electron chi connectivity index (χ0n) is 10.1. The van der Waals surface area contributed by atoms with Gasteiger partial charge in [0.25, 0.3) is 0 Å². The summed E-state index contributed by atoms with van der Waals surface area (Å²) in [6.07, 6.45) is 0. The highest BCUT2D eigenvalue weighted by molar-refractivity contribution is 6.32. The number of imidazole rings is 1. The average Bonchev–Trinajstić information content (AvgIpc) is 2.70. The van der Waals surface area contributed by atoms with Gasteiger partial charge in [-0.25, -0.2) is 4.39 Å². The number of hydrogen-bond acceptors (Lipinski definition) is 2. The predicted octanol–water partition coefficient (Wildman–Crippen LogP) is 4.16. The molecule has 0 N–H and O–H groups in total. The highest BCUT2D eigenvalue weighted by atomic mass is 35.5. The lowest BCUT2D eigenvalue weighted by Crippen LogP contribution is -1.94. The minimum Gasteiger partial charge on any atom is -0.424 e. The fourth-order valence-electron chi connectivity index (χ4n) is 1.86. The van der Waals surface area contributed by atoms with Crippen LogP contribution in [0.5, 0.6) is 11.8 Å². The molecule has 3 aromatic rings. The largest absolute Gasteiger partial charge is 0.424 e. The number of para-hydroxylation sites is 1. The molecule has 0 amide bonds. The number of halogens is 2. The molecule has 3 nitrogen and oxygen atoms in total. The van der Waals surface area contributed by atoms with Crippen LogP contribution in [0.3, 0.4) is 0 Å². The number of aryl methyl sites for hydroxylation is 1. The van der Waals surface area contributed by atoms with E-state index in [1.807, 2.05) is 12.1 Å². The minimum atomic E-state index is -0.306. The van der Waals surface area contributed by atoms with Gasteiger partial charge in [0.15, 0.2) is 0 Å². The number of nitrogens with zero attached hydrogens (tertiary/aromatic N) is 2. The molecule has 0 aliphatic rings. The Morgan fingerprint density at radius 1 is 1.21 bits per heavy atom. The first kappa shape index (κ1) is 12.0. The Kier molecular flexibility index (Phi) is 2.87. The third-order valence-corrected chi connectivity index (χ3v) is 3.15. The summed E-state index contributed by atoms with van der Waals surface area (Å²) in [5, 5.41) is 0.501. The summed E-state index contributed by atoms with van der Waals surface area (Å²) in [6.45, 7) is 0. The van der Waals surface area contributed by atoms with Crippen LogP contribution >= 0.6 is 11.6 Å². The number of aromatic nitrogens is 2. The molecule has 19 heavy (non-hydrogen) atoms. The first-order valence-corrected chi connectivity index (χ1v) is 6.07. The Morgan fingerprint density at radius 3 is 2.79 bits per heavy atom. The Hall–Kier alpha value is -2.07. The molecule has 0 atom stereocenters. The quantitative estimate of drug-likeness (QED) is 0.703. The van der Waals surface area contributed by atoms with Gasteiger partial charge in [-0.05, 0) is 30.3 Å². The van der Waals surface area contributed by atoms with Gasteiger partial charge in [-0.2, -0.15) is 4.98 Å². The van der Waals surface area contributed by atoms with Crippen molar-refractivity contribution in [2.45, 2.75) is 0 Å². The van der Waals surface area contributed by atoms with Crippen molar-refractivity contribution in [3.63, 3.8) is 0 Å². The molecule has 96 valence electrons. The van der Waals surface area contributed by atoms with Crippen LogP contribution < -0.4 is 4.74 Å². The van der Waals surface area contributed by atoms with E-state index in [-0.39, 0.29) is 5.82 Å². The monoisotopic (exact) mass is 276 g/mol. The van der Waals surface area contributed by atoms with Crippen LogP contribution in [0.25, 0.3) is 11.0 Å². The van der Waals surface area contributed by atoms with Gasteiger partial charge in [0.05, 0.1) is 16.1 Å². The molecule has 3 rings (SSSR count). The number of ether oxygens (including phenoxy) is 1. The van der Waals surface area contributed by atoms with E-state index in [9.17, 15) is 4.39 Å². The van der Waals surface area contributed by atoms with Gasteiger partial charge in [-0.15, -0.1) is 0 Å². The van der Waals surface area contributed by atoms with Crippen LogP contribution in [-0.4, -0.2) is 9.55 Å². The van der Waals surface area contributed by atoms with Crippen LogP contribution in [0.15, 0.2) is 42.5 Å². The van der Waals surface area contributed by atoms with Crippen molar-refractivity contribution >= 4 is 22.6 Å². The summed E-state index contributed by atoms with van der Waals surface area (Å²) < 4.78 is 20.6. The van der Waals surface area contributed by atoms with E-state index >= 15 is 0 Å². The highest BCUT2D eigenvalue weighted by Gasteiger charge is 2.11. The van der Waals surface area contributed by atoms with Crippen molar-refractivity contribution in [2.75, 3.05) is 0 Å². The van der Waals surface area contributed by atoms with Crippen molar-refractivity contribution < 1.29 is 9.13 Å². The fourth-order valence-corrected chi connectivity index (χ4v) is 2.03. The van der Waals surface area contributed by atoms with Crippen LogP contribution in [0.2, 0.25) is 5.02 Å². The molecule has 0 saturated heterocycles. The second-order valence-corrected chi connectivity index (χ2v) is 4.53. The van der Waals surface area contributed by atoms with E-state index in [1.54, 1.807) is 29.8 Å². The molecular formula is C14H10ClFN2O. The fraction of sp³-hybridized carbons (Fsp3) is 0.0714. The van der Waals surface area contributed by atoms with Gasteiger partial charge in [-0.1, -0.05) is 23.7 Å². The third kappa shape index (κ3) is 2.15. The molecule has 1 aromatic heterocycles. The normalized spacial score (nSPS) is 10.9. The summed E-state index contributed by atoms with van der Waals surface area (Å²) in [7, 11) is 1.76. The lowest BCUT2D eigenvalue weighted by Gasteiger charge is -2.06. The number of fused-ring (bicyclic) bond motifs is 1. The minimum absolute atomic E-state index is 0.306. The van der Waals surface area contributed by atoms with Gasteiger partial charge < -0.3 is 4.74 Å². The van der Waals surface area contributed by atoms with E-state index in [0.29, 0.717) is 27.8 Å². The first-order chi connectivity index (χ1) is 9.15. The molecule has 0 bridgehead atoms. The third-order valence-electron chi connectivity index (χ3n) is 2.84. The molecule has 2 aromatic carbocycles. The first-order valence-electron chi connectivity index (χ1n) is 5.69. The summed E-state index contributed by atoms with van der Waals surface area (Å²) in [5.74, 6) is 0.211. The van der Waals surface area contributed by atoms with Crippen molar-refractivity contribution in [1.29, 1.82) is 0 Å². The molecule has 5 heteroatoms. The predicted molar refractivity (Wildman–Crippen MR) is 72.2 cm³/mol. The van der Waals surface area contributed by atoms with Crippen LogP contribution in [0.1, 0.15) is 0 Å². The highest BCUT2D eigenvalue weighted by Crippen LogP contribution is 2.30. The topological polar surface area (TPSA) is 27.1 Å². The molecule has 0 aliphatic heterocycles. The van der Waals surface area contributed by atoms with E-state index in [4.69, 9.17) is 16.3 Å². The van der Waals surface area contributed by atoms with Crippen LogP contribution in [0.4, 0.5) is 4.39 Å². The summed E-state index contributed by atoms with van der Waals surface area (Å²) in [4.78, 5) is 4.31. The maximum atomic E-state index is 13.2. The maximum absolute atomic E-state index is 13.2. The van der Waals surface area contributed by atoms with Crippen molar-refractivity contribution in [3.05, 3.63) is 53.3 Å². The van der Waals surface area contributed by atoms with Crippen LogP contribution in [-0.2, 0) is 7.05 Å². The molecule has 0 saturated carbocycles. The zero-order valence-corrected chi connectivity index (χ0v) is 10.9. The molecule has 0 unspecified atom stereocenters. The second kappa shape index (κ2) is 4.55. The Bertz CT molecular complexity index is 754. The number of hydrogen-bond donors (Lipinski definition) is 0. The standard InChI is InChI=1S/C14H10ClFN2O/c1-18-12-8-9(16)6-7-11(12)17-14(18)19-13-5-3-2-4-10(13)15/h2-8H,1H3. The van der Waals surface area contributed by atoms with Gasteiger partial charge in [0, 0.05) is 7.05 Å². The van der Waals surface area contributed by atoms with Gasteiger partial charge in [0.1, 0.15) is 11.6 Å². The summed E-state index contributed by atoms with van der Waals surface area (Å²) in [6, 6.07) is 11.9. The van der Waals surface area contributed by atoms with E-state index in [2.05, 4.69) is 4.98 Å². The van der Waals surface area contributed by atoms with Crippen LogP contribution in [0, 0.1) is 5.82 Å². The van der Waals surface area contributed by atoms with Gasteiger partial charge >= 0.3 is 6.01 Å². The number of rotatable bonds is 2. The summed E-state index contributed by atoms with van der Waals surface area (Å²) >= 11 is 6.03. The van der Waals surface area contributed by atoms with E-state index in [0.717, 1.165) is 0 Å². The molecule has 0 radical (unpaired) electrons. The molecule has 0 aliphatic carbocycles. The van der Waals surface area contributed by atoms with Crippen molar-refractivity contribution in [1.82, 2.24) is 9.55 Å². The lowest BCUT2D eigenvalue weighted by atomic mass is 10.3. The molecule has 1 heterocycles.